The number of aliphatic hydroxyl groups is 3. The van der Waals surface area contributed by atoms with Crippen LogP contribution in [0.3, 0.4) is 0 Å². The molecule has 28 heavy (non-hydrogen) atoms. The lowest BCUT2D eigenvalue weighted by molar-refractivity contribution is -0.219. The standard InChI is InChI=1S/C21H23ClO6/c1-11-18(23)19(24)20(25)21(28-11)13-3-4-15(22)14(10-13)8-12-2-5-16-17(9-12)27-7-6-26-16/h2-5,9-11,18-21,23-25H,6-8H2,1H3/t11?,18-,19+,20-,21+/m1/s1. The molecule has 6 nitrogen and oxygen atoms in total. The smallest absolute Gasteiger partial charge is 0.161 e. The van der Waals surface area contributed by atoms with Crippen molar-refractivity contribution in [1.29, 1.82) is 0 Å². The van der Waals surface area contributed by atoms with E-state index in [1.54, 1.807) is 19.1 Å². The van der Waals surface area contributed by atoms with Crippen LogP contribution in [0.15, 0.2) is 36.4 Å². The van der Waals surface area contributed by atoms with Crippen LogP contribution < -0.4 is 9.47 Å². The summed E-state index contributed by atoms with van der Waals surface area (Å²) in [5.41, 5.74) is 2.57. The summed E-state index contributed by atoms with van der Waals surface area (Å²) < 4.78 is 16.9. The number of aliphatic hydroxyl groups excluding tert-OH is 3. The van der Waals surface area contributed by atoms with E-state index in [-0.39, 0.29) is 0 Å². The molecular weight excluding hydrogens is 384 g/mol. The molecule has 150 valence electrons. The monoisotopic (exact) mass is 406 g/mol. The van der Waals surface area contributed by atoms with Gasteiger partial charge in [0, 0.05) is 5.02 Å². The van der Waals surface area contributed by atoms with Gasteiger partial charge in [-0.05, 0) is 48.2 Å². The first kappa shape index (κ1) is 19.5. The number of hydrogen-bond acceptors (Lipinski definition) is 6. The molecule has 0 bridgehead atoms. The zero-order chi connectivity index (χ0) is 19.8. The molecule has 0 saturated carbocycles. The first-order chi connectivity index (χ1) is 13.4. The second kappa shape index (κ2) is 7.89. The van der Waals surface area contributed by atoms with E-state index in [4.69, 9.17) is 25.8 Å². The van der Waals surface area contributed by atoms with Gasteiger partial charge in [-0.1, -0.05) is 29.8 Å². The summed E-state index contributed by atoms with van der Waals surface area (Å²) in [6, 6.07) is 11.2. The highest BCUT2D eigenvalue weighted by molar-refractivity contribution is 6.31. The van der Waals surface area contributed by atoms with Gasteiger partial charge in [-0.25, -0.2) is 0 Å². The topological polar surface area (TPSA) is 88.4 Å². The summed E-state index contributed by atoms with van der Waals surface area (Å²) in [7, 11) is 0. The molecule has 2 aromatic rings. The quantitative estimate of drug-likeness (QED) is 0.724. The zero-order valence-electron chi connectivity index (χ0n) is 15.4. The van der Waals surface area contributed by atoms with Crippen molar-refractivity contribution < 1.29 is 29.5 Å². The highest BCUT2D eigenvalue weighted by Gasteiger charge is 2.42. The molecule has 5 atom stereocenters. The number of hydrogen-bond donors (Lipinski definition) is 3. The Morgan fingerprint density at radius 1 is 0.929 bits per heavy atom. The van der Waals surface area contributed by atoms with Crippen LogP contribution in [0.5, 0.6) is 11.5 Å². The second-order valence-electron chi connectivity index (χ2n) is 7.24. The molecule has 2 heterocycles. The molecule has 2 aliphatic rings. The number of fused-ring (bicyclic) bond motifs is 1. The minimum Gasteiger partial charge on any atom is -0.486 e. The largest absolute Gasteiger partial charge is 0.486 e. The van der Waals surface area contributed by atoms with E-state index in [2.05, 4.69) is 0 Å². The van der Waals surface area contributed by atoms with Gasteiger partial charge in [0.2, 0.25) is 0 Å². The fraction of sp³-hybridized carbons (Fsp3) is 0.429. The number of rotatable bonds is 3. The van der Waals surface area contributed by atoms with Gasteiger partial charge in [0.05, 0.1) is 6.10 Å². The third kappa shape index (κ3) is 3.71. The average Bonchev–Trinajstić information content (AvgIpc) is 2.71. The van der Waals surface area contributed by atoms with Crippen LogP contribution in [0.4, 0.5) is 0 Å². The Morgan fingerprint density at radius 3 is 2.46 bits per heavy atom. The molecule has 3 N–H and O–H groups in total. The fourth-order valence-electron chi connectivity index (χ4n) is 3.65. The third-order valence-corrected chi connectivity index (χ3v) is 5.62. The van der Waals surface area contributed by atoms with Crippen LogP contribution in [0, 0.1) is 0 Å². The predicted molar refractivity (Wildman–Crippen MR) is 103 cm³/mol. The van der Waals surface area contributed by atoms with Crippen LogP contribution >= 0.6 is 11.6 Å². The van der Waals surface area contributed by atoms with E-state index in [1.165, 1.54) is 0 Å². The molecule has 0 amide bonds. The Labute approximate surface area is 168 Å². The first-order valence-corrected chi connectivity index (χ1v) is 9.68. The van der Waals surface area contributed by atoms with Crippen molar-refractivity contribution in [1.82, 2.24) is 0 Å². The van der Waals surface area contributed by atoms with E-state index in [9.17, 15) is 15.3 Å². The summed E-state index contributed by atoms with van der Waals surface area (Å²) in [6.07, 6.45) is -4.41. The highest BCUT2D eigenvalue weighted by Crippen LogP contribution is 2.35. The SMILES string of the molecule is CC1O[C@@H](c2ccc(Cl)c(Cc3ccc4c(c3)OCCO4)c2)[C@H](O)[C@@H](O)[C@@H]1O. The van der Waals surface area contributed by atoms with Crippen LogP contribution in [0.25, 0.3) is 0 Å². The van der Waals surface area contributed by atoms with Crippen LogP contribution in [-0.2, 0) is 11.2 Å². The summed E-state index contributed by atoms with van der Waals surface area (Å²) >= 11 is 6.40. The Morgan fingerprint density at radius 2 is 1.68 bits per heavy atom. The molecule has 1 fully saturated rings. The molecule has 0 aliphatic carbocycles. The van der Waals surface area contributed by atoms with E-state index >= 15 is 0 Å². The van der Waals surface area contributed by atoms with Gasteiger partial charge in [-0.3, -0.25) is 0 Å². The second-order valence-corrected chi connectivity index (χ2v) is 7.65. The maximum atomic E-state index is 10.4. The van der Waals surface area contributed by atoms with Gasteiger partial charge in [0.15, 0.2) is 11.5 Å². The normalized spacial score (nSPS) is 29.5. The summed E-state index contributed by atoms with van der Waals surface area (Å²) in [5.74, 6) is 1.45. The maximum absolute atomic E-state index is 10.4. The lowest BCUT2D eigenvalue weighted by Crippen LogP contribution is -2.53. The highest BCUT2D eigenvalue weighted by atomic mass is 35.5. The molecule has 2 aromatic carbocycles. The van der Waals surface area contributed by atoms with Crippen molar-refractivity contribution in [3.63, 3.8) is 0 Å². The van der Waals surface area contributed by atoms with Crippen molar-refractivity contribution in [3.8, 4) is 11.5 Å². The van der Waals surface area contributed by atoms with E-state index < -0.39 is 30.5 Å². The molecule has 4 rings (SSSR count). The summed E-state index contributed by atoms with van der Waals surface area (Å²) in [4.78, 5) is 0. The van der Waals surface area contributed by atoms with Gasteiger partial charge in [0.25, 0.3) is 0 Å². The average molecular weight is 407 g/mol. The molecule has 1 saturated heterocycles. The van der Waals surface area contributed by atoms with E-state index in [0.717, 1.165) is 16.9 Å². The van der Waals surface area contributed by atoms with Crippen LogP contribution in [-0.4, -0.2) is 52.9 Å². The molecule has 0 spiro atoms. The molecule has 1 unspecified atom stereocenters. The van der Waals surface area contributed by atoms with Gasteiger partial charge < -0.3 is 29.5 Å². The van der Waals surface area contributed by atoms with Crippen LogP contribution in [0.1, 0.15) is 29.7 Å². The van der Waals surface area contributed by atoms with Gasteiger partial charge in [-0.2, -0.15) is 0 Å². The number of benzene rings is 2. The van der Waals surface area contributed by atoms with Gasteiger partial charge in [-0.15, -0.1) is 0 Å². The minimum absolute atomic E-state index is 0.524. The lowest BCUT2D eigenvalue weighted by Gasteiger charge is -2.39. The minimum atomic E-state index is -1.27. The van der Waals surface area contributed by atoms with Gasteiger partial charge in [0.1, 0.15) is 37.6 Å². The number of ether oxygens (including phenoxy) is 3. The van der Waals surface area contributed by atoms with E-state index in [1.807, 2.05) is 24.3 Å². The summed E-state index contributed by atoms with van der Waals surface area (Å²) in [6.45, 7) is 2.73. The van der Waals surface area contributed by atoms with E-state index in [0.29, 0.717) is 36.0 Å². The third-order valence-electron chi connectivity index (χ3n) is 5.25. The Kier molecular flexibility index (Phi) is 5.49. The Bertz CT molecular complexity index is 857. The van der Waals surface area contributed by atoms with Crippen LogP contribution in [0.2, 0.25) is 5.02 Å². The van der Waals surface area contributed by atoms with Crippen molar-refractivity contribution in [2.45, 2.75) is 43.9 Å². The first-order valence-electron chi connectivity index (χ1n) is 9.30. The van der Waals surface area contributed by atoms with Crippen molar-refractivity contribution in [2.24, 2.45) is 0 Å². The maximum Gasteiger partial charge on any atom is 0.161 e. The lowest BCUT2D eigenvalue weighted by atomic mass is 9.90. The molecule has 7 heteroatoms. The summed E-state index contributed by atoms with van der Waals surface area (Å²) in [5, 5.41) is 30.9. The predicted octanol–water partition coefficient (Wildman–Crippen LogP) is 2.24. The molecule has 0 aromatic heterocycles. The Hall–Kier alpha value is -1.83. The van der Waals surface area contributed by atoms with Crippen molar-refractivity contribution >= 4 is 11.6 Å². The van der Waals surface area contributed by atoms with Crippen molar-refractivity contribution in [2.75, 3.05) is 13.2 Å². The van der Waals surface area contributed by atoms with Crippen molar-refractivity contribution in [3.05, 3.63) is 58.1 Å². The molecular formula is C21H23ClO6. The fourth-order valence-corrected chi connectivity index (χ4v) is 3.84. The molecule has 0 radical (unpaired) electrons. The number of halogens is 1. The Balaban J connectivity index is 1.59. The zero-order valence-corrected chi connectivity index (χ0v) is 16.2. The van der Waals surface area contributed by atoms with Gasteiger partial charge >= 0.3 is 0 Å². The molecule has 2 aliphatic heterocycles.